The van der Waals surface area contributed by atoms with Crippen molar-refractivity contribution < 1.29 is 0 Å². The van der Waals surface area contributed by atoms with E-state index in [0.29, 0.717) is 32.6 Å². The molecule has 4 nitrogen and oxygen atoms in total. The van der Waals surface area contributed by atoms with Gasteiger partial charge in [-0.25, -0.2) is 0 Å². The molecule has 8 heteroatoms. The minimum atomic E-state index is -0.0770. The monoisotopic (exact) mass is 654 g/mol. The highest BCUT2D eigenvalue weighted by Gasteiger charge is 2.14. The predicted octanol–water partition coefficient (Wildman–Crippen LogP) is 10.2. The minimum Gasteiger partial charge on any atom is -0.354 e. The number of H-pyrrole nitrogens is 2. The highest BCUT2D eigenvalue weighted by atomic mass is 32.2. The molecule has 0 unspecified atom stereocenters. The van der Waals surface area contributed by atoms with Gasteiger partial charge in [-0.1, -0.05) is 24.1 Å². The third-order valence-corrected chi connectivity index (χ3v) is 12.2. The molecule has 45 heavy (non-hydrogen) atoms. The topological polar surface area (TPSA) is 65.7 Å². The summed E-state index contributed by atoms with van der Waals surface area (Å²) in [7, 11) is 0. The molecule has 2 N–H and O–H groups in total. The van der Waals surface area contributed by atoms with Crippen LogP contribution in [0.4, 0.5) is 0 Å². The van der Waals surface area contributed by atoms with E-state index in [9.17, 15) is 9.59 Å². The fourth-order valence-electron chi connectivity index (χ4n) is 5.73. The van der Waals surface area contributed by atoms with Crippen LogP contribution in [0, 0.1) is 12.3 Å². The Hall–Kier alpha value is -4.65. The molecule has 0 bridgehead atoms. The molecule has 0 atom stereocenters. The van der Waals surface area contributed by atoms with E-state index in [1.165, 1.54) is 9.75 Å². The summed E-state index contributed by atoms with van der Waals surface area (Å²) in [6.45, 7) is 0. The summed E-state index contributed by atoms with van der Waals surface area (Å²) in [5.74, 6) is 2.61. The third kappa shape index (κ3) is 4.76. The first-order valence-electron chi connectivity index (χ1n) is 14.1. The number of hydrogen-bond acceptors (Lipinski definition) is 6. The Morgan fingerprint density at radius 1 is 0.689 bits per heavy atom. The van der Waals surface area contributed by atoms with Crippen molar-refractivity contribution in [3.05, 3.63) is 122 Å². The Morgan fingerprint density at radius 2 is 1.27 bits per heavy atom. The van der Waals surface area contributed by atoms with Crippen LogP contribution in [-0.4, -0.2) is 16.2 Å². The molecule has 0 saturated heterocycles. The standard InChI is InChI=1S/C37H22N2O2S4/c1-3-5-32(42-2)34-13-11-30(44-34)20-7-9-26-22(16-20)36(40)24-18-29-25(19-28(24)38-26)37(41)23-17-21(8-10-27(23)39-29)31-12-14-35(45-31)33-6-4-15-43-33/h1,4-19H,2H3,(H,38,40)(H,39,41)/b32-5-. The second kappa shape index (κ2) is 11.1. The van der Waals surface area contributed by atoms with E-state index >= 15 is 0 Å². The first-order chi connectivity index (χ1) is 22.0. The van der Waals surface area contributed by atoms with Gasteiger partial charge in [-0.15, -0.1) is 52.2 Å². The summed E-state index contributed by atoms with van der Waals surface area (Å²) in [6.07, 6.45) is 9.29. The van der Waals surface area contributed by atoms with Gasteiger partial charge in [0, 0.05) is 67.9 Å². The van der Waals surface area contributed by atoms with E-state index in [2.05, 4.69) is 57.7 Å². The lowest BCUT2D eigenvalue weighted by Gasteiger charge is -2.08. The summed E-state index contributed by atoms with van der Waals surface area (Å²) in [5.41, 5.74) is 4.57. The van der Waals surface area contributed by atoms with E-state index in [-0.39, 0.29) is 10.9 Å². The number of thiophene rings is 3. The first-order valence-corrected chi connectivity index (χ1v) is 17.8. The van der Waals surface area contributed by atoms with Gasteiger partial charge in [0.25, 0.3) is 0 Å². The van der Waals surface area contributed by atoms with E-state index in [0.717, 1.165) is 41.7 Å². The molecule has 3 aromatic carbocycles. The second-order valence-electron chi connectivity index (χ2n) is 10.6. The number of nitrogens with one attached hydrogen (secondary N) is 2. The summed E-state index contributed by atoms with van der Waals surface area (Å²) < 4.78 is 0. The average Bonchev–Trinajstić information content (AvgIpc) is 3.86. The zero-order chi connectivity index (χ0) is 30.7. The predicted molar refractivity (Wildman–Crippen MR) is 198 cm³/mol. The van der Waals surface area contributed by atoms with Crippen molar-refractivity contribution in [2.45, 2.75) is 0 Å². The minimum absolute atomic E-state index is 0.0640. The largest absolute Gasteiger partial charge is 0.354 e. The lowest BCUT2D eigenvalue weighted by atomic mass is 10.0. The van der Waals surface area contributed by atoms with Crippen LogP contribution in [0.3, 0.4) is 0 Å². The molecule has 0 aliphatic heterocycles. The molecule has 0 aliphatic rings. The molecule has 8 aromatic rings. The number of hydrogen-bond donors (Lipinski definition) is 2. The molecule has 5 aromatic heterocycles. The van der Waals surface area contributed by atoms with Crippen LogP contribution in [0.5, 0.6) is 0 Å². The Balaban J connectivity index is 1.23. The normalized spacial score (nSPS) is 12.0. The molecule has 0 fully saturated rings. The fraction of sp³-hybridized carbons (Fsp3) is 0.0270. The number of aromatic amines is 2. The number of allylic oxidation sites excluding steroid dienone is 1. The maximum Gasteiger partial charge on any atom is 0.197 e. The van der Waals surface area contributed by atoms with Crippen LogP contribution in [-0.2, 0) is 0 Å². The van der Waals surface area contributed by atoms with Crippen molar-refractivity contribution in [1.29, 1.82) is 0 Å². The van der Waals surface area contributed by atoms with Gasteiger partial charge in [-0.05, 0) is 89.5 Å². The second-order valence-corrected chi connectivity index (χ2v) is 14.5. The molecule has 216 valence electrons. The van der Waals surface area contributed by atoms with Crippen LogP contribution in [0.2, 0.25) is 0 Å². The van der Waals surface area contributed by atoms with Gasteiger partial charge in [0.1, 0.15) is 0 Å². The van der Waals surface area contributed by atoms with Gasteiger partial charge >= 0.3 is 0 Å². The van der Waals surface area contributed by atoms with E-state index in [1.807, 2.05) is 42.7 Å². The Bertz CT molecular complexity index is 2640. The molecular formula is C37H22N2O2S4. The van der Waals surface area contributed by atoms with Crippen molar-refractivity contribution in [1.82, 2.24) is 9.97 Å². The van der Waals surface area contributed by atoms with E-state index in [1.54, 1.807) is 64.0 Å². The van der Waals surface area contributed by atoms with Gasteiger partial charge in [0.15, 0.2) is 10.9 Å². The van der Waals surface area contributed by atoms with Crippen molar-refractivity contribution in [3.8, 4) is 43.0 Å². The van der Waals surface area contributed by atoms with Gasteiger partial charge in [0.05, 0.1) is 11.0 Å². The summed E-state index contributed by atoms with van der Waals surface area (Å²) in [4.78, 5) is 41.3. The quantitative estimate of drug-likeness (QED) is 0.143. The van der Waals surface area contributed by atoms with E-state index < -0.39 is 0 Å². The Morgan fingerprint density at radius 3 is 1.84 bits per heavy atom. The number of thioether (sulfide) groups is 1. The van der Waals surface area contributed by atoms with Gasteiger partial charge in [-0.3, -0.25) is 9.59 Å². The van der Waals surface area contributed by atoms with Crippen molar-refractivity contribution >= 4 is 94.3 Å². The van der Waals surface area contributed by atoms with Crippen LogP contribution in [0.1, 0.15) is 4.88 Å². The zero-order valence-corrected chi connectivity index (χ0v) is 27.0. The summed E-state index contributed by atoms with van der Waals surface area (Å²) in [5, 5.41) is 4.38. The highest BCUT2D eigenvalue weighted by molar-refractivity contribution is 8.07. The molecule has 5 heterocycles. The number of rotatable bonds is 5. The zero-order valence-electron chi connectivity index (χ0n) is 23.8. The summed E-state index contributed by atoms with van der Waals surface area (Å²) in [6, 6.07) is 28.0. The molecule has 0 spiro atoms. The molecule has 8 rings (SSSR count). The van der Waals surface area contributed by atoms with Crippen LogP contribution in [0.15, 0.2) is 106 Å². The van der Waals surface area contributed by atoms with E-state index in [4.69, 9.17) is 6.42 Å². The number of benzene rings is 3. The number of fused-ring (bicyclic) bond motifs is 4. The molecular weight excluding hydrogens is 633 g/mol. The molecule has 0 radical (unpaired) electrons. The van der Waals surface area contributed by atoms with Gasteiger partial charge < -0.3 is 9.97 Å². The number of terminal acetylenes is 1. The van der Waals surface area contributed by atoms with Crippen molar-refractivity contribution in [3.63, 3.8) is 0 Å². The summed E-state index contributed by atoms with van der Waals surface area (Å²) >= 11 is 6.70. The lowest BCUT2D eigenvalue weighted by molar-refractivity contribution is 1.46. The Labute approximate surface area is 273 Å². The van der Waals surface area contributed by atoms with Crippen LogP contribution in [0.25, 0.3) is 79.2 Å². The smallest absolute Gasteiger partial charge is 0.197 e. The third-order valence-electron chi connectivity index (χ3n) is 7.94. The van der Waals surface area contributed by atoms with Crippen molar-refractivity contribution in [2.75, 3.05) is 6.26 Å². The van der Waals surface area contributed by atoms with Crippen molar-refractivity contribution in [2.24, 2.45) is 0 Å². The average molecular weight is 655 g/mol. The lowest BCUT2D eigenvalue weighted by Crippen LogP contribution is -2.08. The van der Waals surface area contributed by atoms with Gasteiger partial charge in [0.2, 0.25) is 0 Å². The maximum absolute atomic E-state index is 13.9. The highest BCUT2D eigenvalue weighted by Crippen LogP contribution is 2.38. The van der Waals surface area contributed by atoms with Gasteiger partial charge in [-0.2, -0.15) is 0 Å². The SMILES string of the molecule is C#C/C=C(\SC)c1ccc(-c2ccc3[nH]c4cc5c(=O)c6cc(-c7ccc(-c8cccs8)s7)ccc6[nH]c5cc4c(=O)c3c2)s1. The van der Waals surface area contributed by atoms with Crippen LogP contribution < -0.4 is 10.9 Å². The molecule has 0 amide bonds. The first kappa shape index (κ1) is 27.9. The molecule has 0 saturated carbocycles. The maximum atomic E-state index is 13.9. The molecule has 0 aliphatic carbocycles. The number of aromatic nitrogens is 2. The fourth-order valence-corrected chi connectivity index (χ4v) is 9.31. The Kier molecular flexibility index (Phi) is 6.85. The number of pyridine rings is 2. The van der Waals surface area contributed by atoms with Crippen LogP contribution >= 0.6 is 45.8 Å².